The largest absolute Gasteiger partial charge is 0.361 e. The maximum absolute atomic E-state index is 10.8. The first-order chi connectivity index (χ1) is 7.08. The molecule has 80 valence electrons. The van der Waals surface area contributed by atoms with E-state index in [4.69, 9.17) is 0 Å². The van der Waals surface area contributed by atoms with Crippen LogP contribution in [0.25, 0.3) is 0 Å². The molecule has 0 aromatic carbocycles. The topological polar surface area (TPSA) is 68.1 Å². The number of nitro groups is 1. The van der Waals surface area contributed by atoms with Gasteiger partial charge in [0.2, 0.25) is 5.82 Å². The lowest BCUT2D eigenvalue weighted by atomic mass is 10.3. The van der Waals surface area contributed by atoms with Crippen molar-refractivity contribution >= 4 is 11.5 Å². The Bertz CT molecular complexity index is 406. The molecular weight excluding hydrogens is 194 g/mol. The highest BCUT2D eigenvalue weighted by Crippen LogP contribution is 2.34. The fraction of sp³-hybridized carbons (Fsp3) is 0.500. The smallest absolute Gasteiger partial charge is 0.311 e. The van der Waals surface area contributed by atoms with Crippen LogP contribution in [0.1, 0.15) is 18.9 Å². The van der Waals surface area contributed by atoms with Gasteiger partial charge in [-0.15, -0.1) is 0 Å². The van der Waals surface area contributed by atoms with E-state index in [1.807, 2.05) is 0 Å². The molecule has 1 fully saturated rings. The third-order valence-electron chi connectivity index (χ3n) is 2.63. The van der Waals surface area contributed by atoms with Gasteiger partial charge in [0.15, 0.2) is 0 Å². The first-order valence-electron chi connectivity index (χ1n) is 4.95. The SMILES string of the molecule is Cc1cnc(NC2CC2C)c([N+](=O)[O-])c1. The van der Waals surface area contributed by atoms with Crippen LogP contribution >= 0.6 is 0 Å². The molecule has 1 aromatic rings. The number of hydrogen-bond acceptors (Lipinski definition) is 4. The number of rotatable bonds is 3. The van der Waals surface area contributed by atoms with E-state index in [-0.39, 0.29) is 5.69 Å². The van der Waals surface area contributed by atoms with Gasteiger partial charge in [-0.1, -0.05) is 6.92 Å². The third kappa shape index (κ3) is 2.06. The van der Waals surface area contributed by atoms with Gasteiger partial charge in [-0.25, -0.2) is 4.98 Å². The van der Waals surface area contributed by atoms with E-state index in [1.54, 1.807) is 19.2 Å². The van der Waals surface area contributed by atoms with Crippen LogP contribution in [0.15, 0.2) is 12.3 Å². The van der Waals surface area contributed by atoms with E-state index in [0.717, 1.165) is 12.0 Å². The predicted octanol–water partition coefficient (Wildman–Crippen LogP) is 2.12. The number of hydrogen-bond donors (Lipinski definition) is 1. The van der Waals surface area contributed by atoms with Gasteiger partial charge in [0, 0.05) is 18.3 Å². The summed E-state index contributed by atoms with van der Waals surface area (Å²) in [6, 6.07) is 1.89. The molecule has 15 heavy (non-hydrogen) atoms. The summed E-state index contributed by atoms with van der Waals surface area (Å²) in [5.74, 6) is 0.979. The van der Waals surface area contributed by atoms with Crippen molar-refractivity contribution in [1.29, 1.82) is 0 Å². The minimum absolute atomic E-state index is 0.0640. The lowest BCUT2D eigenvalue weighted by molar-refractivity contribution is -0.384. The highest BCUT2D eigenvalue weighted by Gasteiger charge is 2.34. The van der Waals surface area contributed by atoms with Crippen LogP contribution in [-0.4, -0.2) is 15.9 Å². The number of pyridine rings is 1. The molecule has 1 N–H and O–H groups in total. The normalized spacial score (nSPS) is 23.6. The van der Waals surface area contributed by atoms with Gasteiger partial charge < -0.3 is 5.32 Å². The molecule has 0 spiro atoms. The second-order valence-electron chi connectivity index (χ2n) is 4.10. The summed E-state index contributed by atoms with van der Waals surface area (Å²) < 4.78 is 0. The first-order valence-corrected chi connectivity index (χ1v) is 4.95. The Hall–Kier alpha value is -1.65. The number of aromatic nitrogens is 1. The second kappa shape index (κ2) is 3.49. The highest BCUT2D eigenvalue weighted by molar-refractivity contribution is 5.57. The van der Waals surface area contributed by atoms with Gasteiger partial charge >= 0.3 is 5.69 Å². The molecule has 2 atom stereocenters. The first kappa shape index (κ1) is 9.89. The van der Waals surface area contributed by atoms with E-state index in [2.05, 4.69) is 17.2 Å². The zero-order chi connectivity index (χ0) is 11.0. The second-order valence-corrected chi connectivity index (χ2v) is 4.10. The highest BCUT2D eigenvalue weighted by atomic mass is 16.6. The van der Waals surface area contributed by atoms with E-state index in [0.29, 0.717) is 17.8 Å². The number of aryl methyl sites for hydroxylation is 1. The average molecular weight is 207 g/mol. The third-order valence-corrected chi connectivity index (χ3v) is 2.63. The molecule has 1 heterocycles. The lowest BCUT2D eigenvalue weighted by Gasteiger charge is -2.05. The molecule has 1 aliphatic carbocycles. The summed E-state index contributed by atoms with van der Waals surface area (Å²) >= 11 is 0. The van der Waals surface area contributed by atoms with Gasteiger partial charge in [-0.2, -0.15) is 0 Å². The van der Waals surface area contributed by atoms with Crippen LogP contribution in [-0.2, 0) is 0 Å². The van der Waals surface area contributed by atoms with Crippen molar-refractivity contribution in [3.8, 4) is 0 Å². The van der Waals surface area contributed by atoms with Gasteiger partial charge in [0.1, 0.15) is 0 Å². The van der Waals surface area contributed by atoms with Crippen molar-refractivity contribution in [1.82, 2.24) is 4.98 Å². The predicted molar refractivity (Wildman–Crippen MR) is 56.8 cm³/mol. The average Bonchev–Trinajstić information content (AvgIpc) is 2.85. The summed E-state index contributed by atoms with van der Waals surface area (Å²) in [7, 11) is 0. The Balaban J connectivity index is 2.25. The quantitative estimate of drug-likeness (QED) is 0.608. The summed E-state index contributed by atoms with van der Waals surface area (Å²) in [4.78, 5) is 14.5. The Kier molecular flexibility index (Phi) is 2.30. The Labute approximate surface area is 87.7 Å². The van der Waals surface area contributed by atoms with Crippen LogP contribution in [0.3, 0.4) is 0 Å². The standard InChI is InChI=1S/C10H13N3O2/c1-6-3-9(13(14)15)10(11-5-6)12-8-4-7(8)2/h3,5,7-8H,4H2,1-2H3,(H,11,12). The monoisotopic (exact) mass is 207 g/mol. The zero-order valence-corrected chi connectivity index (χ0v) is 8.73. The maximum atomic E-state index is 10.8. The summed E-state index contributed by atoms with van der Waals surface area (Å²) in [6.07, 6.45) is 2.70. The van der Waals surface area contributed by atoms with Crippen LogP contribution < -0.4 is 5.32 Å². The summed E-state index contributed by atoms with van der Waals surface area (Å²) in [6.45, 7) is 3.90. The molecule has 2 rings (SSSR count). The van der Waals surface area contributed by atoms with E-state index < -0.39 is 4.92 Å². The van der Waals surface area contributed by atoms with Crippen molar-refractivity contribution in [3.05, 3.63) is 27.9 Å². The molecule has 1 aromatic heterocycles. The minimum Gasteiger partial charge on any atom is -0.361 e. The molecule has 2 unspecified atom stereocenters. The molecule has 1 saturated carbocycles. The van der Waals surface area contributed by atoms with Gasteiger partial charge in [0.05, 0.1) is 4.92 Å². The molecular formula is C10H13N3O2. The van der Waals surface area contributed by atoms with Crippen LogP contribution in [0.4, 0.5) is 11.5 Å². The molecule has 0 radical (unpaired) electrons. The number of nitrogens with one attached hydrogen (secondary N) is 1. The van der Waals surface area contributed by atoms with E-state index in [1.165, 1.54) is 0 Å². The Morgan fingerprint density at radius 1 is 1.67 bits per heavy atom. The van der Waals surface area contributed by atoms with Crippen molar-refractivity contribution in [2.45, 2.75) is 26.3 Å². The van der Waals surface area contributed by atoms with Gasteiger partial charge in [0.25, 0.3) is 0 Å². The zero-order valence-electron chi connectivity index (χ0n) is 8.73. The maximum Gasteiger partial charge on any atom is 0.311 e. The van der Waals surface area contributed by atoms with Crippen molar-refractivity contribution in [2.24, 2.45) is 5.92 Å². The van der Waals surface area contributed by atoms with Crippen LogP contribution in [0.2, 0.25) is 0 Å². The van der Waals surface area contributed by atoms with E-state index >= 15 is 0 Å². The van der Waals surface area contributed by atoms with Crippen molar-refractivity contribution in [2.75, 3.05) is 5.32 Å². The fourth-order valence-electron chi connectivity index (χ4n) is 1.50. The summed E-state index contributed by atoms with van der Waals surface area (Å²) in [5, 5.41) is 13.9. The van der Waals surface area contributed by atoms with Crippen LogP contribution in [0.5, 0.6) is 0 Å². The fourth-order valence-corrected chi connectivity index (χ4v) is 1.50. The van der Waals surface area contributed by atoms with Crippen molar-refractivity contribution < 1.29 is 4.92 Å². The summed E-state index contributed by atoms with van der Waals surface area (Å²) in [5.41, 5.74) is 0.866. The number of nitrogens with zero attached hydrogens (tertiary/aromatic N) is 2. The molecule has 0 bridgehead atoms. The van der Waals surface area contributed by atoms with E-state index in [9.17, 15) is 10.1 Å². The van der Waals surface area contributed by atoms with Crippen LogP contribution in [0, 0.1) is 23.0 Å². The van der Waals surface area contributed by atoms with Crippen molar-refractivity contribution in [3.63, 3.8) is 0 Å². The minimum atomic E-state index is -0.393. The Morgan fingerprint density at radius 2 is 2.33 bits per heavy atom. The molecule has 0 saturated heterocycles. The number of anilines is 1. The molecule has 0 aliphatic heterocycles. The Morgan fingerprint density at radius 3 is 2.87 bits per heavy atom. The van der Waals surface area contributed by atoms with Gasteiger partial charge in [-0.05, 0) is 24.8 Å². The molecule has 0 amide bonds. The molecule has 1 aliphatic rings. The molecule has 5 nitrogen and oxygen atoms in total. The lowest BCUT2D eigenvalue weighted by Crippen LogP contribution is -2.08. The van der Waals surface area contributed by atoms with Gasteiger partial charge in [-0.3, -0.25) is 10.1 Å². The molecule has 5 heteroatoms.